The maximum atomic E-state index is 12.5. The fourth-order valence-corrected chi connectivity index (χ4v) is 4.18. The van der Waals surface area contributed by atoms with Gasteiger partial charge in [0.25, 0.3) is 0 Å². The third kappa shape index (κ3) is 4.84. The molecule has 1 amide bonds. The average Bonchev–Trinajstić information content (AvgIpc) is 3.17. The Labute approximate surface area is 188 Å². The lowest BCUT2D eigenvalue weighted by Crippen LogP contribution is -2.14. The van der Waals surface area contributed by atoms with Gasteiger partial charge in [0.05, 0.1) is 5.75 Å². The fourth-order valence-electron chi connectivity index (χ4n) is 2.90. The van der Waals surface area contributed by atoms with Crippen molar-refractivity contribution in [3.8, 4) is 17.1 Å². The van der Waals surface area contributed by atoms with Crippen LogP contribution in [0, 0.1) is 0 Å². The van der Waals surface area contributed by atoms with E-state index in [1.54, 1.807) is 18.2 Å². The number of carbonyl (C=O) groups excluding carboxylic acids is 1. The number of anilines is 1. The summed E-state index contributed by atoms with van der Waals surface area (Å²) in [6.07, 6.45) is 0. The Morgan fingerprint density at radius 1 is 0.900 bits per heavy atom. The number of aromatic nitrogens is 3. The molecule has 0 atom stereocenters. The predicted molar refractivity (Wildman–Crippen MR) is 123 cm³/mol. The van der Waals surface area contributed by atoms with Gasteiger partial charge in [-0.15, -0.1) is 10.2 Å². The molecular formula is C22H16Cl2N4OS. The molecule has 150 valence electrons. The van der Waals surface area contributed by atoms with Crippen molar-refractivity contribution in [3.63, 3.8) is 0 Å². The van der Waals surface area contributed by atoms with Crippen LogP contribution in [0.15, 0.2) is 84.0 Å². The Hall–Kier alpha value is -2.80. The van der Waals surface area contributed by atoms with E-state index in [1.807, 2.05) is 65.2 Å². The minimum Gasteiger partial charge on any atom is -0.325 e. The van der Waals surface area contributed by atoms with Crippen molar-refractivity contribution in [2.45, 2.75) is 5.16 Å². The summed E-state index contributed by atoms with van der Waals surface area (Å²) in [5.41, 5.74) is 2.41. The molecule has 1 aromatic heterocycles. The molecule has 0 spiro atoms. The van der Waals surface area contributed by atoms with E-state index in [9.17, 15) is 4.79 Å². The molecule has 0 aliphatic heterocycles. The number of para-hydroxylation sites is 1. The van der Waals surface area contributed by atoms with Crippen molar-refractivity contribution < 1.29 is 4.79 Å². The molecule has 5 nitrogen and oxygen atoms in total. The summed E-state index contributed by atoms with van der Waals surface area (Å²) in [5.74, 6) is 0.678. The number of halogens is 2. The lowest BCUT2D eigenvalue weighted by atomic mass is 10.2. The first-order valence-corrected chi connectivity index (χ1v) is 10.8. The Bertz CT molecular complexity index is 1150. The number of nitrogens with zero attached hydrogens (tertiary/aromatic N) is 3. The molecule has 1 N–H and O–H groups in total. The zero-order valence-corrected chi connectivity index (χ0v) is 18.0. The normalized spacial score (nSPS) is 10.7. The number of hydrogen-bond donors (Lipinski definition) is 1. The van der Waals surface area contributed by atoms with Crippen molar-refractivity contribution in [1.29, 1.82) is 0 Å². The number of rotatable bonds is 6. The van der Waals surface area contributed by atoms with Crippen molar-refractivity contribution in [1.82, 2.24) is 14.8 Å². The smallest absolute Gasteiger partial charge is 0.234 e. The molecule has 0 saturated carbocycles. The van der Waals surface area contributed by atoms with E-state index >= 15 is 0 Å². The summed E-state index contributed by atoms with van der Waals surface area (Å²) in [6, 6.07) is 24.5. The molecule has 0 aliphatic carbocycles. The number of hydrogen-bond acceptors (Lipinski definition) is 4. The summed E-state index contributed by atoms with van der Waals surface area (Å²) in [7, 11) is 0. The van der Waals surface area contributed by atoms with Crippen LogP contribution in [-0.2, 0) is 4.79 Å². The summed E-state index contributed by atoms with van der Waals surface area (Å²) < 4.78 is 1.95. The fraction of sp³-hybridized carbons (Fsp3) is 0.0455. The number of amides is 1. The van der Waals surface area contributed by atoms with Crippen molar-refractivity contribution in [2.24, 2.45) is 0 Å². The van der Waals surface area contributed by atoms with E-state index in [4.69, 9.17) is 23.2 Å². The first-order chi connectivity index (χ1) is 14.6. The lowest BCUT2D eigenvalue weighted by Gasteiger charge is -2.10. The zero-order valence-electron chi connectivity index (χ0n) is 15.6. The van der Waals surface area contributed by atoms with Gasteiger partial charge in [-0.25, -0.2) is 0 Å². The van der Waals surface area contributed by atoms with Crippen LogP contribution in [-0.4, -0.2) is 26.4 Å². The van der Waals surface area contributed by atoms with Crippen LogP contribution in [0.2, 0.25) is 10.0 Å². The zero-order chi connectivity index (χ0) is 20.9. The van der Waals surface area contributed by atoms with Gasteiger partial charge in [0.15, 0.2) is 11.0 Å². The molecule has 30 heavy (non-hydrogen) atoms. The van der Waals surface area contributed by atoms with Gasteiger partial charge in [-0.3, -0.25) is 9.36 Å². The summed E-state index contributed by atoms with van der Waals surface area (Å²) in [6.45, 7) is 0. The van der Waals surface area contributed by atoms with Crippen LogP contribution in [0.5, 0.6) is 0 Å². The first kappa shape index (κ1) is 20.5. The topological polar surface area (TPSA) is 59.8 Å². The van der Waals surface area contributed by atoms with Gasteiger partial charge in [0.1, 0.15) is 0 Å². The van der Waals surface area contributed by atoms with Gasteiger partial charge in [-0.2, -0.15) is 0 Å². The third-order valence-electron chi connectivity index (χ3n) is 4.16. The highest BCUT2D eigenvalue weighted by Gasteiger charge is 2.17. The monoisotopic (exact) mass is 454 g/mol. The second kappa shape index (κ2) is 9.34. The molecule has 0 saturated heterocycles. The average molecular weight is 455 g/mol. The Kier molecular flexibility index (Phi) is 6.38. The molecule has 0 fully saturated rings. The quantitative estimate of drug-likeness (QED) is 0.364. The molecule has 1 heterocycles. The van der Waals surface area contributed by atoms with Gasteiger partial charge >= 0.3 is 0 Å². The highest BCUT2D eigenvalue weighted by molar-refractivity contribution is 7.99. The van der Waals surface area contributed by atoms with Crippen LogP contribution >= 0.6 is 35.0 Å². The van der Waals surface area contributed by atoms with Crippen LogP contribution in [0.3, 0.4) is 0 Å². The minimum atomic E-state index is -0.192. The minimum absolute atomic E-state index is 0.157. The van der Waals surface area contributed by atoms with Crippen LogP contribution in [0.25, 0.3) is 17.1 Å². The second-order valence-electron chi connectivity index (χ2n) is 6.34. The van der Waals surface area contributed by atoms with Crippen molar-refractivity contribution in [3.05, 3.63) is 88.9 Å². The standard InChI is InChI=1S/C22H16Cl2N4OS/c23-16-11-17(24)13-18(12-16)25-20(29)14-30-22-27-26-21(15-7-3-1-4-8-15)28(22)19-9-5-2-6-10-19/h1-13H,14H2,(H,25,29). The number of thioether (sulfide) groups is 1. The maximum Gasteiger partial charge on any atom is 0.234 e. The Morgan fingerprint density at radius 2 is 1.53 bits per heavy atom. The second-order valence-corrected chi connectivity index (χ2v) is 8.15. The molecule has 0 bridgehead atoms. The molecule has 0 radical (unpaired) electrons. The Morgan fingerprint density at radius 3 is 2.20 bits per heavy atom. The largest absolute Gasteiger partial charge is 0.325 e. The van der Waals surface area contributed by atoms with E-state index in [1.165, 1.54) is 11.8 Å². The molecule has 4 rings (SSSR count). The SMILES string of the molecule is O=C(CSc1nnc(-c2ccccc2)n1-c1ccccc1)Nc1cc(Cl)cc(Cl)c1. The predicted octanol–water partition coefficient (Wildman–Crippen LogP) is 5.97. The van der Waals surface area contributed by atoms with E-state index in [2.05, 4.69) is 15.5 Å². The third-order valence-corrected chi connectivity index (χ3v) is 5.52. The summed E-state index contributed by atoms with van der Waals surface area (Å²) in [4.78, 5) is 12.5. The van der Waals surface area contributed by atoms with Gasteiger partial charge in [-0.1, -0.05) is 83.5 Å². The Balaban J connectivity index is 1.57. The van der Waals surface area contributed by atoms with Crippen molar-refractivity contribution in [2.75, 3.05) is 11.1 Å². The number of benzene rings is 3. The molecule has 0 unspecified atom stereocenters. The van der Waals surface area contributed by atoms with Crippen molar-refractivity contribution >= 4 is 46.6 Å². The summed E-state index contributed by atoms with van der Waals surface area (Å²) >= 11 is 13.3. The van der Waals surface area contributed by atoms with E-state index < -0.39 is 0 Å². The first-order valence-electron chi connectivity index (χ1n) is 9.05. The van der Waals surface area contributed by atoms with Crippen LogP contribution in [0.4, 0.5) is 5.69 Å². The number of carbonyl (C=O) groups is 1. The van der Waals surface area contributed by atoms with Gasteiger partial charge in [0.2, 0.25) is 5.91 Å². The van der Waals surface area contributed by atoms with Gasteiger partial charge in [-0.05, 0) is 30.3 Å². The van der Waals surface area contributed by atoms with E-state index in [-0.39, 0.29) is 11.7 Å². The lowest BCUT2D eigenvalue weighted by molar-refractivity contribution is -0.113. The van der Waals surface area contributed by atoms with E-state index in [0.717, 1.165) is 11.3 Å². The summed E-state index contributed by atoms with van der Waals surface area (Å²) in [5, 5.41) is 13.1. The molecule has 0 aliphatic rings. The highest BCUT2D eigenvalue weighted by atomic mass is 35.5. The van der Waals surface area contributed by atoms with Gasteiger partial charge < -0.3 is 5.32 Å². The van der Waals surface area contributed by atoms with Crippen LogP contribution < -0.4 is 5.32 Å². The molecule has 3 aromatic carbocycles. The molecule has 8 heteroatoms. The van der Waals surface area contributed by atoms with Crippen LogP contribution in [0.1, 0.15) is 0 Å². The van der Waals surface area contributed by atoms with E-state index in [0.29, 0.717) is 26.7 Å². The number of nitrogens with one attached hydrogen (secondary N) is 1. The van der Waals surface area contributed by atoms with Gasteiger partial charge in [0, 0.05) is 27.0 Å². The maximum absolute atomic E-state index is 12.5. The highest BCUT2D eigenvalue weighted by Crippen LogP contribution is 2.28. The molecular weight excluding hydrogens is 439 g/mol. The molecule has 4 aromatic rings.